The highest BCUT2D eigenvalue weighted by molar-refractivity contribution is 8.13. The van der Waals surface area contributed by atoms with E-state index in [1.165, 1.54) is 6.92 Å². The van der Waals surface area contributed by atoms with E-state index in [9.17, 15) is 8.42 Å². The third-order valence-electron chi connectivity index (χ3n) is 1.59. The van der Waals surface area contributed by atoms with Gasteiger partial charge in [0.15, 0.2) is 0 Å². The molecular formula is C7H9ClN2O2S. The van der Waals surface area contributed by atoms with Gasteiger partial charge in [0.05, 0.1) is 0 Å². The summed E-state index contributed by atoms with van der Waals surface area (Å²) in [6.07, 6.45) is 3.11. The molecule has 0 radical (unpaired) electrons. The fourth-order valence-corrected chi connectivity index (χ4v) is 1.35. The lowest BCUT2D eigenvalue weighted by Gasteiger charge is -2.04. The maximum Gasteiger partial charge on any atom is 0.242 e. The Labute approximate surface area is 81.4 Å². The number of aryl methyl sites for hydroxylation is 1. The molecule has 0 saturated carbocycles. The first-order valence-electron chi connectivity index (χ1n) is 3.63. The fourth-order valence-electron chi connectivity index (χ4n) is 0.738. The molecule has 1 aromatic rings. The SMILES string of the molecule is Cc1cnc([C@@H](C)S(=O)(=O)Cl)nc1. The normalized spacial score (nSPS) is 14.1. The molecule has 13 heavy (non-hydrogen) atoms. The highest BCUT2D eigenvalue weighted by Gasteiger charge is 2.21. The number of nitrogens with zero attached hydrogens (tertiary/aromatic N) is 2. The second kappa shape index (κ2) is 3.59. The first-order chi connectivity index (χ1) is 5.91. The Morgan fingerprint density at radius 1 is 1.38 bits per heavy atom. The van der Waals surface area contributed by atoms with Crippen molar-refractivity contribution in [1.82, 2.24) is 9.97 Å². The highest BCUT2D eigenvalue weighted by Crippen LogP contribution is 2.21. The molecular weight excluding hydrogens is 212 g/mol. The average Bonchev–Trinajstić information content (AvgIpc) is 2.03. The Hall–Kier alpha value is -0.680. The van der Waals surface area contributed by atoms with Crippen LogP contribution in [0.2, 0.25) is 0 Å². The van der Waals surface area contributed by atoms with Crippen LogP contribution in [0.1, 0.15) is 23.6 Å². The molecule has 0 aliphatic rings. The Bertz CT molecular complexity index is 387. The molecule has 1 rings (SSSR count). The maximum atomic E-state index is 10.9. The summed E-state index contributed by atoms with van der Waals surface area (Å²) in [5.41, 5.74) is 0.878. The molecule has 72 valence electrons. The van der Waals surface area contributed by atoms with Gasteiger partial charge in [0.25, 0.3) is 0 Å². The Balaban J connectivity index is 3.04. The Morgan fingerprint density at radius 3 is 2.23 bits per heavy atom. The Kier molecular flexibility index (Phi) is 2.87. The highest BCUT2D eigenvalue weighted by atomic mass is 35.7. The fraction of sp³-hybridized carbons (Fsp3) is 0.429. The number of hydrogen-bond acceptors (Lipinski definition) is 4. The van der Waals surface area contributed by atoms with E-state index in [1.807, 2.05) is 6.92 Å². The first-order valence-corrected chi connectivity index (χ1v) is 6.00. The molecule has 0 spiro atoms. The van der Waals surface area contributed by atoms with Crippen molar-refractivity contribution in [3.05, 3.63) is 23.8 Å². The number of aromatic nitrogens is 2. The van der Waals surface area contributed by atoms with Crippen LogP contribution in [0, 0.1) is 6.92 Å². The summed E-state index contributed by atoms with van der Waals surface area (Å²) in [6, 6.07) is 0. The van der Waals surface area contributed by atoms with Crippen LogP contribution in [0.5, 0.6) is 0 Å². The van der Waals surface area contributed by atoms with Crippen LogP contribution in [0.15, 0.2) is 12.4 Å². The molecule has 1 atom stereocenters. The van der Waals surface area contributed by atoms with Crippen molar-refractivity contribution >= 4 is 19.7 Å². The van der Waals surface area contributed by atoms with Gasteiger partial charge in [0, 0.05) is 23.1 Å². The van der Waals surface area contributed by atoms with Crippen molar-refractivity contribution in [2.45, 2.75) is 19.1 Å². The minimum absolute atomic E-state index is 0.223. The summed E-state index contributed by atoms with van der Waals surface area (Å²) >= 11 is 0. The van der Waals surface area contributed by atoms with Crippen LogP contribution >= 0.6 is 10.7 Å². The topological polar surface area (TPSA) is 59.9 Å². The lowest BCUT2D eigenvalue weighted by Crippen LogP contribution is -2.07. The van der Waals surface area contributed by atoms with E-state index >= 15 is 0 Å². The van der Waals surface area contributed by atoms with Crippen LogP contribution < -0.4 is 0 Å². The summed E-state index contributed by atoms with van der Waals surface area (Å²) in [4.78, 5) is 7.74. The smallest absolute Gasteiger partial charge is 0.240 e. The standard InChI is InChI=1S/C7H9ClN2O2S/c1-5-3-9-7(10-4-5)6(2)13(8,11)12/h3-4,6H,1-2H3/t6-/m1/s1. The molecule has 1 aromatic heterocycles. The van der Waals surface area contributed by atoms with Crippen LogP contribution in [0.25, 0.3) is 0 Å². The van der Waals surface area contributed by atoms with Crippen molar-refractivity contribution in [1.29, 1.82) is 0 Å². The molecule has 0 unspecified atom stereocenters. The maximum absolute atomic E-state index is 10.9. The number of rotatable bonds is 2. The molecule has 0 aliphatic heterocycles. The van der Waals surface area contributed by atoms with Gasteiger partial charge in [-0.15, -0.1) is 0 Å². The lowest BCUT2D eigenvalue weighted by atomic mass is 10.4. The van der Waals surface area contributed by atoms with Crippen molar-refractivity contribution in [2.75, 3.05) is 0 Å². The number of halogens is 1. The van der Waals surface area contributed by atoms with E-state index in [0.29, 0.717) is 0 Å². The molecule has 0 N–H and O–H groups in total. The molecule has 6 heteroatoms. The van der Waals surface area contributed by atoms with Crippen molar-refractivity contribution in [2.24, 2.45) is 0 Å². The van der Waals surface area contributed by atoms with E-state index in [1.54, 1.807) is 12.4 Å². The molecule has 1 heterocycles. The van der Waals surface area contributed by atoms with Gasteiger partial charge in [-0.25, -0.2) is 18.4 Å². The lowest BCUT2D eigenvalue weighted by molar-refractivity contribution is 0.597. The van der Waals surface area contributed by atoms with Gasteiger partial charge in [-0.05, 0) is 19.4 Å². The molecule has 0 aromatic carbocycles. The van der Waals surface area contributed by atoms with Crippen LogP contribution in [-0.2, 0) is 9.05 Å². The number of hydrogen-bond donors (Lipinski definition) is 0. The van der Waals surface area contributed by atoms with Crippen molar-refractivity contribution < 1.29 is 8.42 Å². The summed E-state index contributed by atoms with van der Waals surface area (Å²) in [6.45, 7) is 3.27. The second-order valence-electron chi connectivity index (χ2n) is 2.74. The Morgan fingerprint density at radius 2 is 1.85 bits per heavy atom. The van der Waals surface area contributed by atoms with E-state index < -0.39 is 14.3 Å². The molecule has 0 aliphatic carbocycles. The molecule has 0 saturated heterocycles. The van der Waals surface area contributed by atoms with Gasteiger partial charge in [-0.3, -0.25) is 0 Å². The largest absolute Gasteiger partial charge is 0.242 e. The minimum atomic E-state index is -3.62. The third kappa shape index (κ3) is 2.63. The third-order valence-corrected chi connectivity index (χ3v) is 3.44. The van der Waals surface area contributed by atoms with E-state index in [-0.39, 0.29) is 5.82 Å². The average molecular weight is 221 g/mol. The molecule has 4 nitrogen and oxygen atoms in total. The van der Waals surface area contributed by atoms with Crippen molar-refractivity contribution in [3.8, 4) is 0 Å². The zero-order chi connectivity index (χ0) is 10.1. The van der Waals surface area contributed by atoms with Gasteiger partial charge in [0.2, 0.25) is 9.05 Å². The molecule has 0 amide bonds. The van der Waals surface area contributed by atoms with Gasteiger partial charge < -0.3 is 0 Å². The van der Waals surface area contributed by atoms with Crippen LogP contribution in [0.4, 0.5) is 0 Å². The molecule has 0 bridgehead atoms. The van der Waals surface area contributed by atoms with Crippen molar-refractivity contribution in [3.63, 3.8) is 0 Å². The van der Waals surface area contributed by atoms with Crippen LogP contribution in [-0.4, -0.2) is 18.4 Å². The summed E-state index contributed by atoms with van der Waals surface area (Å²) in [7, 11) is 1.53. The van der Waals surface area contributed by atoms with E-state index in [0.717, 1.165) is 5.56 Å². The zero-order valence-corrected chi connectivity index (χ0v) is 8.80. The summed E-state index contributed by atoms with van der Waals surface area (Å²) in [5.74, 6) is 0.223. The first kappa shape index (κ1) is 10.4. The molecule has 0 fully saturated rings. The van der Waals surface area contributed by atoms with Gasteiger partial charge >= 0.3 is 0 Å². The zero-order valence-electron chi connectivity index (χ0n) is 7.23. The monoisotopic (exact) mass is 220 g/mol. The minimum Gasteiger partial charge on any atom is -0.240 e. The second-order valence-corrected chi connectivity index (χ2v) is 5.69. The summed E-state index contributed by atoms with van der Waals surface area (Å²) in [5, 5.41) is -0.866. The van der Waals surface area contributed by atoms with Gasteiger partial charge in [-0.2, -0.15) is 0 Å². The van der Waals surface area contributed by atoms with Crippen LogP contribution in [0.3, 0.4) is 0 Å². The quantitative estimate of drug-likeness (QED) is 0.708. The van der Waals surface area contributed by atoms with Gasteiger partial charge in [-0.1, -0.05) is 0 Å². The summed E-state index contributed by atoms with van der Waals surface area (Å²) < 4.78 is 21.8. The van der Waals surface area contributed by atoms with E-state index in [4.69, 9.17) is 10.7 Å². The van der Waals surface area contributed by atoms with E-state index in [2.05, 4.69) is 9.97 Å². The van der Waals surface area contributed by atoms with Gasteiger partial charge in [0.1, 0.15) is 11.1 Å². The predicted molar refractivity (Wildman–Crippen MR) is 50.0 cm³/mol. The predicted octanol–water partition coefficient (Wildman–Crippen LogP) is 1.41.